The Hall–Kier alpha value is -2.44. The Morgan fingerprint density at radius 1 is 1.15 bits per heavy atom. The number of ether oxygens (including phenoxy) is 3. The van der Waals surface area contributed by atoms with E-state index in [4.69, 9.17) is 14.2 Å². The minimum atomic E-state index is -0.662. The summed E-state index contributed by atoms with van der Waals surface area (Å²) in [5.41, 5.74) is -0.537. The van der Waals surface area contributed by atoms with Gasteiger partial charge in [-0.05, 0) is 39.8 Å². The molecule has 2 aliphatic heterocycles. The highest BCUT2D eigenvalue weighted by Crippen LogP contribution is 2.31. The van der Waals surface area contributed by atoms with Gasteiger partial charge < -0.3 is 24.0 Å². The molecule has 0 N–H and O–H groups in total. The number of para-hydroxylation sites is 2. The summed E-state index contributed by atoms with van der Waals surface area (Å²) >= 11 is 0. The van der Waals surface area contributed by atoms with Gasteiger partial charge in [-0.1, -0.05) is 12.1 Å². The number of hydrogen-bond acceptors (Lipinski definition) is 5. The number of nitrogens with zero attached hydrogens (tertiary/aromatic N) is 2. The molecule has 0 saturated carbocycles. The molecule has 0 spiro atoms. The summed E-state index contributed by atoms with van der Waals surface area (Å²) in [4.78, 5) is 28.5. The van der Waals surface area contributed by atoms with E-state index >= 15 is 0 Å². The molecule has 142 valence electrons. The van der Waals surface area contributed by atoms with Crippen molar-refractivity contribution in [2.24, 2.45) is 0 Å². The molecular weight excluding hydrogens is 336 g/mol. The Morgan fingerprint density at radius 2 is 1.85 bits per heavy atom. The first-order valence-corrected chi connectivity index (χ1v) is 8.91. The molecule has 7 heteroatoms. The van der Waals surface area contributed by atoms with Gasteiger partial charge in [0.15, 0.2) is 11.5 Å². The molecule has 2 atom stereocenters. The lowest BCUT2D eigenvalue weighted by Crippen LogP contribution is -2.59. The molecule has 1 aromatic carbocycles. The number of benzene rings is 1. The monoisotopic (exact) mass is 362 g/mol. The molecule has 0 bridgehead atoms. The first-order chi connectivity index (χ1) is 12.2. The van der Waals surface area contributed by atoms with E-state index in [0.717, 1.165) is 0 Å². The average molecular weight is 362 g/mol. The van der Waals surface area contributed by atoms with Gasteiger partial charge in [0, 0.05) is 25.7 Å². The standard InChI is InChI=1S/C19H26N2O5/c1-13-11-20(9-10-21(13)18(23)26-19(2,3)4)17(22)16-12-24-14-7-5-6-8-15(14)25-16/h5-8,13,16H,9-12H2,1-4H3/t13-,16+/m1/s1. The highest BCUT2D eigenvalue weighted by atomic mass is 16.6. The van der Waals surface area contributed by atoms with Crippen LogP contribution in [0.4, 0.5) is 4.79 Å². The molecule has 1 fully saturated rings. The van der Waals surface area contributed by atoms with Gasteiger partial charge in [-0.25, -0.2) is 4.79 Å². The highest BCUT2D eigenvalue weighted by Gasteiger charge is 2.37. The van der Waals surface area contributed by atoms with E-state index < -0.39 is 11.7 Å². The van der Waals surface area contributed by atoms with Crippen LogP contribution < -0.4 is 9.47 Å². The fourth-order valence-corrected chi connectivity index (χ4v) is 3.09. The molecule has 3 rings (SSSR count). The number of carbonyl (C=O) groups is 2. The van der Waals surface area contributed by atoms with Crippen molar-refractivity contribution in [1.29, 1.82) is 0 Å². The summed E-state index contributed by atoms with van der Waals surface area (Å²) < 4.78 is 16.9. The quantitative estimate of drug-likeness (QED) is 0.767. The lowest BCUT2D eigenvalue weighted by molar-refractivity contribution is -0.144. The van der Waals surface area contributed by atoms with Crippen molar-refractivity contribution in [3.05, 3.63) is 24.3 Å². The Morgan fingerprint density at radius 3 is 2.50 bits per heavy atom. The maximum absolute atomic E-state index is 12.8. The Balaban J connectivity index is 1.59. The number of rotatable bonds is 1. The molecule has 0 aliphatic carbocycles. The summed E-state index contributed by atoms with van der Waals surface area (Å²) in [6.45, 7) is 8.96. The van der Waals surface area contributed by atoms with Gasteiger partial charge in [-0.15, -0.1) is 0 Å². The molecular formula is C19H26N2O5. The topological polar surface area (TPSA) is 68.3 Å². The average Bonchev–Trinajstić information content (AvgIpc) is 2.59. The fourth-order valence-electron chi connectivity index (χ4n) is 3.09. The molecule has 7 nitrogen and oxygen atoms in total. The Labute approximate surface area is 153 Å². The van der Waals surface area contributed by atoms with Crippen LogP contribution in [-0.4, -0.2) is 65.8 Å². The predicted octanol–water partition coefficient (Wildman–Crippen LogP) is 2.29. The van der Waals surface area contributed by atoms with E-state index in [1.165, 1.54) is 0 Å². The van der Waals surface area contributed by atoms with Gasteiger partial charge in [0.25, 0.3) is 5.91 Å². The molecule has 1 saturated heterocycles. The zero-order chi connectivity index (χ0) is 18.9. The first kappa shape index (κ1) is 18.4. The maximum Gasteiger partial charge on any atom is 0.410 e. The summed E-state index contributed by atoms with van der Waals surface area (Å²) in [6.07, 6.45) is -1.01. The number of amides is 2. The minimum absolute atomic E-state index is 0.116. The zero-order valence-electron chi connectivity index (χ0n) is 15.7. The van der Waals surface area contributed by atoms with Crippen LogP contribution in [0.15, 0.2) is 24.3 Å². The van der Waals surface area contributed by atoms with Crippen molar-refractivity contribution < 1.29 is 23.8 Å². The molecule has 2 heterocycles. The van der Waals surface area contributed by atoms with E-state index in [1.807, 2.05) is 45.9 Å². The fraction of sp³-hybridized carbons (Fsp3) is 0.579. The third-order valence-electron chi connectivity index (χ3n) is 4.35. The molecule has 1 aromatic rings. The lowest BCUT2D eigenvalue weighted by Gasteiger charge is -2.41. The van der Waals surface area contributed by atoms with Gasteiger partial charge in [0.1, 0.15) is 12.2 Å². The molecule has 0 radical (unpaired) electrons. The Bertz CT molecular complexity index is 685. The van der Waals surface area contributed by atoms with Crippen LogP contribution in [0.5, 0.6) is 11.5 Å². The first-order valence-electron chi connectivity index (χ1n) is 8.91. The smallest absolute Gasteiger partial charge is 0.410 e. The van der Waals surface area contributed by atoms with E-state index in [9.17, 15) is 9.59 Å². The second-order valence-corrected chi connectivity index (χ2v) is 7.67. The summed E-state index contributed by atoms with van der Waals surface area (Å²) in [7, 11) is 0. The van der Waals surface area contributed by atoms with E-state index in [2.05, 4.69) is 0 Å². The van der Waals surface area contributed by atoms with Gasteiger partial charge in [-0.2, -0.15) is 0 Å². The van der Waals surface area contributed by atoms with Gasteiger partial charge in [0.2, 0.25) is 6.10 Å². The Kier molecular flexibility index (Phi) is 4.98. The van der Waals surface area contributed by atoms with Crippen molar-refractivity contribution in [2.75, 3.05) is 26.2 Å². The molecule has 26 heavy (non-hydrogen) atoms. The third kappa shape index (κ3) is 4.03. The highest BCUT2D eigenvalue weighted by molar-refractivity contribution is 5.82. The number of carbonyl (C=O) groups excluding carboxylic acids is 2. The number of hydrogen-bond donors (Lipinski definition) is 0. The number of fused-ring (bicyclic) bond motifs is 1. The van der Waals surface area contributed by atoms with Gasteiger partial charge in [0.05, 0.1) is 0 Å². The minimum Gasteiger partial charge on any atom is -0.485 e. The van der Waals surface area contributed by atoms with E-state index in [-0.39, 0.29) is 24.6 Å². The molecule has 0 unspecified atom stereocenters. The summed E-state index contributed by atoms with van der Waals surface area (Å²) in [6, 6.07) is 7.19. The van der Waals surface area contributed by atoms with Crippen molar-refractivity contribution in [1.82, 2.24) is 9.80 Å². The maximum atomic E-state index is 12.8. The van der Waals surface area contributed by atoms with Crippen LogP contribution in [0.25, 0.3) is 0 Å². The van der Waals surface area contributed by atoms with Crippen LogP contribution in [0.1, 0.15) is 27.7 Å². The van der Waals surface area contributed by atoms with Gasteiger partial charge >= 0.3 is 6.09 Å². The van der Waals surface area contributed by atoms with Crippen LogP contribution >= 0.6 is 0 Å². The lowest BCUT2D eigenvalue weighted by atomic mass is 10.1. The van der Waals surface area contributed by atoms with Crippen molar-refractivity contribution in [3.8, 4) is 11.5 Å². The SMILES string of the molecule is C[C@@H]1CN(C(=O)[C@@H]2COc3ccccc3O2)CCN1C(=O)OC(C)(C)C. The second kappa shape index (κ2) is 7.05. The van der Waals surface area contributed by atoms with Gasteiger partial charge in [-0.3, -0.25) is 4.79 Å². The van der Waals surface area contributed by atoms with Crippen molar-refractivity contribution >= 4 is 12.0 Å². The summed E-state index contributed by atoms with van der Waals surface area (Å²) in [5.74, 6) is 1.12. The van der Waals surface area contributed by atoms with Crippen LogP contribution in [0.2, 0.25) is 0 Å². The van der Waals surface area contributed by atoms with Crippen LogP contribution in [0, 0.1) is 0 Å². The zero-order valence-corrected chi connectivity index (χ0v) is 15.7. The molecule has 0 aromatic heterocycles. The number of piperazine rings is 1. The molecule has 2 amide bonds. The second-order valence-electron chi connectivity index (χ2n) is 7.67. The summed E-state index contributed by atoms with van der Waals surface area (Å²) in [5, 5.41) is 0. The van der Waals surface area contributed by atoms with Crippen molar-refractivity contribution in [3.63, 3.8) is 0 Å². The van der Waals surface area contributed by atoms with Crippen LogP contribution in [-0.2, 0) is 9.53 Å². The molecule has 2 aliphatic rings. The third-order valence-corrected chi connectivity index (χ3v) is 4.35. The van der Waals surface area contributed by atoms with Crippen molar-refractivity contribution in [2.45, 2.75) is 45.4 Å². The van der Waals surface area contributed by atoms with E-state index in [0.29, 0.717) is 31.1 Å². The van der Waals surface area contributed by atoms with Crippen LogP contribution in [0.3, 0.4) is 0 Å². The van der Waals surface area contributed by atoms with E-state index in [1.54, 1.807) is 15.9 Å². The largest absolute Gasteiger partial charge is 0.485 e. The normalized spacial score (nSPS) is 22.8. The predicted molar refractivity (Wildman–Crippen MR) is 95.3 cm³/mol.